The van der Waals surface area contributed by atoms with Crippen molar-refractivity contribution >= 4 is 21.4 Å². The van der Waals surface area contributed by atoms with Crippen LogP contribution in [0.1, 0.15) is 11.1 Å². The van der Waals surface area contributed by atoms with Gasteiger partial charge < -0.3 is 25.1 Å². The van der Waals surface area contributed by atoms with Gasteiger partial charge in [0.05, 0.1) is 17.7 Å². The number of allylic oxidation sites excluding steroid dienone is 2. The number of fused-ring (bicyclic) bond motifs is 1. The highest BCUT2D eigenvalue weighted by Crippen LogP contribution is 2.31. The summed E-state index contributed by atoms with van der Waals surface area (Å²) in [5.41, 5.74) is 5.98. The zero-order chi connectivity index (χ0) is 26.4. The Morgan fingerprint density at radius 2 is 1.84 bits per heavy atom. The molecule has 2 aliphatic rings. The number of furan rings is 1. The molecule has 0 radical (unpaired) electrons. The van der Waals surface area contributed by atoms with E-state index in [4.69, 9.17) is 9.15 Å². The standard InChI is InChI=1S/C29H30N4O4S/c1-38(34,35)14-12-30-16-23-15-29(37-21-23)33-13-11-24-17-31-18-28(27(24)19-33)32-25-7-9-26(10-8-25)36-20-22-5-3-2-4-6-22/h2-11,13,15,17-19,21,30-32H,12,14,16,20H2,1H3. The fourth-order valence-corrected chi connectivity index (χ4v) is 4.52. The highest BCUT2D eigenvalue weighted by Gasteiger charge is 2.20. The van der Waals surface area contributed by atoms with Gasteiger partial charge in [-0.1, -0.05) is 30.3 Å². The quantitative estimate of drug-likeness (QED) is 0.309. The maximum Gasteiger partial charge on any atom is 0.203 e. The summed E-state index contributed by atoms with van der Waals surface area (Å²) in [6.07, 6.45) is 12.8. The van der Waals surface area contributed by atoms with Gasteiger partial charge in [-0.3, -0.25) is 4.90 Å². The predicted octanol–water partition coefficient (Wildman–Crippen LogP) is 4.65. The molecule has 0 amide bonds. The zero-order valence-electron chi connectivity index (χ0n) is 21.1. The topological polar surface area (TPSA) is 95.8 Å². The molecule has 0 fully saturated rings. The second-order valence-corrected chi connectivity index (χ2v) is 11.4. The van der Waals surface area contributed by atoms with Gasteiger partial charge in [-0.15, -0.1) is 0 Å². The van der Waals surface area contributed by atoms with Gasteiger partial charge in [-0.05, 0) is 35.9 Å². The molecule has 3 N–H and O–H groups in total. The van der Waals surface area contributed by atoms with Gasteiger partial charge in [0.25, 0.3) is 0 Å². The molecule has 9 heteroatoms. The van der Waals surface area contributed by atoms with Crippen molar-refractivity contribution in [2.75, 3.05) is 28.8 Å². The van der Waals surface area contributed by atoms with Crippen LogP contribution < -0.4 is 25.6 Å². The number of nitrogens with one attached hydrogen (secondary N) is 3. The predicted molar refractivity (Wildman–Crippen MR) is 150 cm³/mol. The number of hydrogen-bond donors (Lipinski definition) is 3. The molecule has 0 saturated carbocycles. The molecule has 0 saturated heterocycles. The van der Waals surface area contributed by atoms with Gasteiger partial charge in [0.1, 0.15) is 22.2 Å². The van der Waals surface area contributed by atoms with Crippen molar-refractivity contribution in [3.63, 3.8) is 0 Å². The van der Waals surface area contributed by atoms with Crippen molar-refractivity contribution < 1.29 is 17.6 Å². The summed E-state index contributed by atoms with van der Waals surface area (Å²) in [5, 5.41) is 9.83. The minimum Gasteiger partial charge on any atom is -0.489 e. The van der Waals surface area contributed by atoms with Crippen molar-refractivity contribution in [3.05, 3.63) is 126 Å². The Morgan fingerprint density at radius 1 is 1.03 bits per heavy atom. The summed E-state index contributed by atoms with van der Waals surface area (Å²) >= 11 is 0. The van der Waals surface area contributed by atoms with Crippen molar-refractivity contribution in [1.29, 1.82) is 0 Å². The van der Waals surface area contributed by atoms with E-state index in [2.05, 4.69) is 16.0 Å². The van der Waals surface area contributed by atoms with Crippen molar-refractivity contribution in [3.8, 4) is 5.75 Å². The fraction of sp³-hybridized carbons (Fsp3) is 0.172. The summed E-state index contributed by atoms with van der Waals surface area (Å²) in [5.74, 6) is 1.58. The van der Waals surface area contributed by atoms with Crippen LogP contribution >= 0.6 is 0 Å². The monoisotopic (exact) mass is 530 g/mol. The van der Waals surface area contributed by atoms with E-state index >= 15 is 0 Å². The van der Waals surface area contributed by atoms with Crippen molar-refractivity contribution in [2.45, 2.75) is 13.2 Å². The molecule has 196 valence electrons. The maximum atomic E-state index is 11.3. The molecule has 0 unspecified atom stereocenters. The molecule has 0 atom stereocenters. The Hall–Kier alpha value is -4.21. The second-order valence-electron chi connectivity index (χ2n) is 9.11. The van der Waals surface area contributed by atoms with Gasteiger partial charge in [-0.2, -0.15) is 0 Å². The number of anilines is 2. The molecular formula is C29H30N4O4S. The van der Waals surface area contributed by atoms with Crippen LogP contribution in [-0.2, 0) is 23.0 Å². The largest absolute Gasteiger partial charge is 0.489 e. The third-order valence-corrected chi connectivity index (χ3v) is 6.95. The molecule has 1 aromatic heterocycles. The first-order valence-electron chi connectivity index (χ1n) is 12.3. The van der Waals surface area contributed by atoms with E-state index in [9.17, 15) is 8.42 Å². The first kappa shape index (κ1) is 25.4. The van der Waals surface area contributed by atoms with Gasteiger partial charge >= 0.3 is 0 Å². The van der Waals surface area contributed by atoms with E-state index < -0.39 is 9.84 Å². The number of dihydropyridines is 1. The maximum absolute atomic E-state index is 11.3. The molecule has 3 heterocycles. The van der Waals surface area contributed by atoms with E-state index in [1.54, 1.807) is 6.26 Å². The molecule has 5 rings (SSSR count). The second kappa shape index (κ2) is 11.5. The van der Waals surface area contributed by atoms with E-state index in [0.717, 1.165) is 39.4 Å². The summed E-state index contributed by atoms with van der Waals surface area (Å²) in [7, 11) is -2.98. The van der Waals surface area contributed by atoms with Crippen molar-refractivity contribution in [1.82, 2.24) is 10.6 Å². The first-order valence-corrected chi connectivity index (χ1v) is 14.3. The van der Waals surface area contributed by atoms with Gasteiger partial charge in [0.15, 0.2) is 0 Å². The van der Waals surface area contributed by atoms with Crippen LogP contribution in [0.5, 0.6) is 5.75 Å². The smallest absolute Gasteiger partial charge is 0.203 e. The number of ether oxygens (including phenoxy) is 1. The van der Waals surface area contributed by atoms with Crippen LogP contribution in [0.4, 0.5) is 11.6 Å². The highest BCUT2D eigenvalue weighted by atomic mass is 32.2. The molecule has 38 heavy (non-hydrogen) atoms. The van der Waals surface area contributed by atoms with E-state index in [0.29, 0.717) is 25.6 Å². The third kappa shape index (κ3) is 6.76. The SMILES string of the molecule is CS(=O)(=O)CCNCc1coc(N2C=CC3=CNC=C(Nc4ccc(OCc5ccccc5)cc4)C3=C2)c1. The molecule has 0 bridgehead atoms. The lowest BCUT2D eigenvalue weighted by Crippen LogP contribution is -2.21. The average molecular weight is 531 g/mol. The Bertz CT molecular complexity index is 1490. The molecule has 8 nitrogen and oxygen atoms in total. The fourth-order valence-electron chi connectivity index (χ4n) is 4.00. The number of hydrogen-bond acceptors (Lipinski definition) is 8. The minimum atomic E-state index is -2.98. The Labute approximate surface area is 222 Å². The Balaban J connectivity index is 1.21. The van der Waals surface area contributed by atoms with Crippen LogP contribution in [0.25, 0.3) is 0 Å². The van der Waals surface area contributed by atoms with Crippen LogP contribution in [0.3, 0.4) is 0 Å². The highest BCUT2D eigenvalue weighted by molar-refractivity contribution is 7.90. The molecule has 0 spiro atoms. The number of rotatable bonds is 11. The van der Waals surface area contributed by atoms with E-state index in [1.807, 2.05) is 96.4 Å². The van der Waals surface area contributed by atoms with E-state index in [1.165, 1.54) is 6.26 Å². The van der Waals surface area contributed by atoms with Gasteiger partial charge in [-0.25, -0.2) is 8.42 Å². The van der Waals surface area contributed by atoms with Gasteiger partial charge in [0, 0.05) is 72.6 Å². The minimum absolute atomic E-state index is 0.105. The Morgan fingerprint density at radius 3 is 2.63 bits per heavy atom. The van der Waals surface area contributed by atoms with Crippen molar-refractivity contribution in [2.24, 2.45) is 0 Å². The van der Waals surface area contributed by atoms with E-state index in [-0.39, 0.29) is 5.75 Å². The van der Waals surface area contributed by atoms with Gasteiger partial charge in [0.2, 0.25) is 5.88 Å². The molecule has 2 aliphatic heterocycles. The average Bonchev–Trinajstić information content (AvgIpc) is 3.40. The summed E-state index contributed by atoms with van der Waals surface area (Å²) < 4.78 is 34.3. The van der Waals surface area contributed by atoms with Crippen LogP contribution in [-0.4, -0.2) is 27.0 Å². The molecule has 3 aromatic rings. The number of benzene rings is 2. The number of nitrogens with zero attached hydrogens (tertiary/aromatic N) is 1. The van der Waals surface area contributed by atoms with Crippen LogP contribution in [0.15, 0.2) is 119 Å². The first-order chi connectivity index (χ1) is 18.4. The summed E-state index contributed by atoms with van der Waals surface area (Å²) in [4.78, 5) is 1.92. The van der Waals surface area contributed by atoms with Crippen LogP contribution in [0.2, 0.25) is 0 Å². The lowest BCUT2D eigenvalue weighted by Gasteiger charge is -2.26. The normalized spacial score (nSPS) is 14.7. The zero-order valence-corrected chi connectivity index (χ0v) is 21.9. The summed E-state index contributed by atoms with van der Waals surface area (Å²) in [6, 6.07) is 19.9. The molecular weight excluding hydrogens is 500 g/mol. The Kier molecular flexibility index (Phi) is 7.67. The third-order valence-electron chi connectivity index (χ3n) is 6.01. The molecule has 0 aliphatic carbocycles. The lowest BCUT2D eigenvalue weighted by molar-refractivity contribution is 0.306. The van der Waals surface area contributed by atoms with Crippen LogP contribution in [0, 0.1) is 0 Å². The summed E-state index contributed by atoms with van der Waals surface area (Å²) in [6.45, 7) is 1.45. The number of sulfone groups is 1. The molecule has 2 aromatic carbocycles. The lowest BCUT2D eigenvalue weighted by atomic mass is 10.0.